The standard InChI is InChI=1S/C27H33N3O/c1-19(2)17-30-18-23-14-22-16-29-27(23,26(31)28-15-21-11-7-4-8-12-21)25(30)24(22)13-20-9-5-3-6-10-20/h3-12,16,19,22-25H,13-15,17-18H2,1-2H3,(H,28,31)/t22-,23-,24+,25-,27-/m0/s1. The second-order valence-corrected chi connectivity index (χ2v) is 10.0. The SMILES string of the molecule is CC(C)CN1C[C@@H]2C[C@H]3C=N[C@]2(C(=O)NCc2ccccc2)[C@@H]1[C@@H]3Cc1ccccc1. The molecule has 2 aromatic rings. The van der Waals surface area contributed by atoms with E-state index in [4.69, 9.17) is 4.99 Å². The van der Waals surface area contributed by atoms with Gasteiger partial charge in [-0.25, -0.2) is 0 Å². The van der Waals surface area contributed by atoms with Crippen molar-refractivity contribution in [3.8, 4) is 0 Å². The molecular formula is C27H33N3O. The van der Waals surface area contributed by atoms with Crippen LogP contribution in [0.2, 0.25) is 0 Å². The summed E-state index contributed by atoms with van der Waals surface area (Å²) < 4.78 is 0. The molecule has 3 heterocycles. The lowest BCUT2D eigenvalue weighted by atomic mass is 9.59. The van der Waals surface area contributed by atoms with E-state index < -0.39 is 5.54 Å². The van der Waals surface area contributed by atoms with Gasteiger partial charge in [0.25, 0.3) is 0 Å². The van der Waals surface area contributed by atoms with E-state index in [1.807, 2.05) is 18.2 Å². The van der Waals surface area contributed by atoms with Gasteiger partial charge in [0.2, 0.25) is 5.91 Å². The fourth-order valence-corrected chi connectivity index (χ4v) is 6.32. The van der Waals surface area contributed by atoms with Crippen molar-refractivity contribution in [1.82, 2.24) is 10.2 Å². The van der Waals surface area contributed by atoms with Crippen molar-refractivity contribution >= 4 is 12.1 Å². The molecule has 4 nitrogen and oxygen atoms in total. The third kappa shape index (κ3) is 3.61. The lowest BCUT2D eigenvalue weighted by molar-refractivity contribution is -0.132. The molecular weight excluding hydrogens is 382 g/mol. The van der Waals surface area contributed by atoms with Gasteiger partial charge in [-0.05, 0) is 41.7 Å². The number of benzene rings is 2. The van der Waals surface area contributed by atoms with Crippen LogP contribution in [0, 0.1) is 23.7 Å². The number of carbonyl (C=O) groups excluding carboxylic acids is 1. The van der Waals surface area contributed by atoms with Crippen molar-refractivity contribution in [2.75, 3.05) is 13.1 Å². The van der Waals surface area contributed by atoms with E-state index >= 15 is 0 Å². The van der Waals surface area contributed by atoms with Crippen LogP contribution < -0.4 is 5.32 Å². The second-order valence-electron chi connectivity index (χ2n) is 10.0. The van der Waals surface area contributed by atoms with E-state index in [-0.39, 0.29) is 11.9 Å². The molecule has 2 aromatic carbocycles. The number of amides is 1. The van der Waals surface area contributed by atoms with E-state index in [0.717, 1.165) is 31.5 Å². The number of rotatable bonds is 7. The first-order chi connectivity index (χ1) is 15.1. The third-order valence-electron chi connectivity index (χ3n) is 7.49. The van der Waals surface area contributed by atoms with E-state index in [9.17, 15) is 4.79 Å². The summed E-state index contributed by atoms with van der Waals surface area (Å²) in [5, 5.41) is 3.26. The third-order valence-corrected chi connectivity index (χ3v) is 7.49. The molecule has 1 N–H and O–H groups in total. The first-order valence-electron chi connectivity index (χ1n) is 11.7. The van der Waals surface area contributed by atoms with Crippen molar-refractivity contribution in [1.29, 1.82) is 0 Å². The highest BCUT2D eigenvalue weighted by atomic mass is 16.2. The maximum Gasteiger partial charge on any atom is 0.250 e. The molecule has 4 heteroatoms. The van der Waals surface area contributed by atoms with Crippen molar-refractivity contribution in [2.24, 2.45) is 28.7 Å². The molecule has 0 unspecified atom stereocenters. The maximum atomic E-state index is 13.8. The monoisotopic (exact) mass is 415 g/mol. The van der Waals surface area contributed by atoms with E-state index in [0.29, 0.717) is 30.2 Å². The number of carbonyl (C=O) groups is 1. The van der Waals surface area contributed by atoms with Crippen LogP contribution in [-0.2, 0) is 17.8 Å². The van der Waals surface area contributed by atoms with Crippen molar-refractivity contribution in [3.63, 3.8) is 0 Å². The fourth-order valence-electron chi connectivity index (χ4n) is 6.32. The quantitative estimate of drug-likeness (QED) is 0.744. The van der Waals surface area contributed by atoms with Crippen LogP contribution in [0.1, 0.15) is 31.4 Å². The maximum absolute atomic E-state index is 13.8. The van der Waals surface area contributed by atoms with Gasteiger partial charge in [0.05, 0.1) is 0 Å². The molecule has 0 spiro atoms. The van der Waals surface area contributed by atoms with Gasteiger partial charge in [-0.1, -0.05) is 74.5 Å². The van der Waals surface area contributed by atoms with Gasteiger partial charge in [-0.3, -0.25) is 14.7 Å². The lowest BCUT2D eigenvalue weighted by Gasteiger charge is -2.51. The Bertz CT molecular complexity index is 941. The fraction of sp³-hybridized carbons (Fsp3) is 0.481. The summed E-state index contributed by atoms with van der Waals surface area (Å²) in [4.78, 5) is 21.4. The summed E-state index contributed by atoms with van der Waals surface area (Å²) in [6.45, 7) is 7.13. The van der Waals surface area contributed by atoms with Crippen molar-refractivity contribution in [2.45, 2.75) is 44.8 Å². The molecule has 3 aliphatic heterocycles. The second kappa shape index (κ2) is 8.23. The normalized spacial score (nSPS) is 31.3. The molecule has 4 aliphatic rings. The van der Waals surface area contributed by atoms with Gasteiger partial charge >= 0.3 is 0 Å². The zero-order valence-corrected chi connectivity index (χ0v) is 18.6. The minimum Gasteiger partial charge on any atom is -0.350 e. The topological polar surface area (TPSA) is 44.7 Å². The molecule has 4 bridgehead atoms. The lowest BCUT2D eigenvalue weighted by Crippen LogP contribution is -2.66. The van der Waals surface area contributed by atoms with Crippen molar-refractivity contribution < 1.29 is 4.79 Å². The number of likely N-dealkylation sites (tertiary alicyclic amines) is 1. The summed E-state index contributed by atoms with van der Waals surface area (Å²) in [6.07, 6.45) is 4.21. The predicted molar refractivity (Wildman–Crippen MR) is 125 cm³/mol. The Morgan fingerprint density at radius 3 is 2.45 bits per heavy atom. The Morgan fingerprint density at radius 1 is 1.10 bits per heavy atom. The van der Waals surface area contributed by atoms with Crippen LogP contribution >= 0.6 is 0 Å². The van der Waals surface area contributed by atoms with Gasteiger partial charge in [0.15, 0.2) is 5.54 Å². The van der Waals surface area contributed by atoms with Crippen LogP contribution in [-0.4, -0.2) is 41.7 Å². The summed E-state index contributed by atoms with van der Waals surface area (Å²) in [5.74, 6) is 1.90. The van der Waals surface area contributed by atoms with Gasteiger partial charge < -0.3 is 5.32 Å². The zero-order chi connectivity index (χ0) is 21.4. The number of nitrogens with zero attached hydrogens (tertiary/aromatic N) is 2. The molecule has 1 amide bonds. The molecule has 1 saturated heterocycles. The van der Waals surface area contributed by atoms with E-state index in [2.05, 4.69) is 72.7 Å². The van der Waals surface area contributed by atoms with Crippen LogP contribution in [0.3, 0.4) is 0 Å². The average Bonchev–Trinajstić information content (AvgIpc) is 3.04. The first-order valence-corrected chi connectivity index (χ1v) is 11.7. The Kier molecular flexibility index (Phi) is 5.43. The summed E-state index contributed by atoms with van der Waals surface area (Å²) >= 11 is 0. The minimum atomic E-state index is -0.641. The molecule has 0 radical (unpaired) electrons. The Morgan fingerprint density at radius 2 is 1.77 bits per heavy atom. The Hall–Kier alpha value is -2.46. The highest BCUT2D eigenvalue weighted by molar-refractivity contribution is 5.92. The van der Waals surface area contributed by atoms with Crippen LogP contribution in [0.5, 0.6) is 0 Å². The molecule has 0 aromatic heterocycles. The minimum absolute atomic E-state index is 0.116. The smallest absolute Gasteiger partial charge is 0.250 e. The zero-order valence-electron chi connectivity index (χ0n) is 18.6. The Balaban J connectivity index is 1.45. The van der Waals surface area contributed by atoms with Crippen LogP contribution in [0.25, 0.3) is 0 Å². The molecule has 162 valence electrons. The number of nitrogens with one attached hydrogen (secondary N) is 1. The predicted octanol–water partition coefficient (Wildman–Crippen LogP) is 3.96. The first kappa shape index (κ1) is 20.4. The van der Waals surface area contributed by atoms with E-state index in [1.165, 1.54) is 5.56 Å². The summed E-state index contributed by atoms with van der Waals surface area (Å²) in [6, 6.07) is 21.1. The molecule has 5 atom stereocenters. The highest BCUT2D eigenvalue weighted by Crippen LogP contribution is 2.54. The van der Waals surface area contributed by atoms with Crippen molar-refractivity contribution in [3.05, 3.63) is 71.8 Å². The van der Waals surface area contributed by atoms with E-state index in [1.54, 1.807) is 0 Å². The molecule has 1 aliphatic carbocycles. The number of hydrogen-bond acceptors (Lipinski definition) is 3. The van der Waals surface area contributed by atoms with Crippen LogP contribution in [0.15, 0.2) is 65.7 Å². The van der Waals surface area contributed by atoms with Gasteiger partial charge in [-0.2, -0.15) is 0 Å². The van der Waals surface area contributed by atoms with Gasteiger partial charge in [0, 0.05) is 37.8 Å². The molecule has 1 saturated carbocycles. The van der Waals surface area contributed by atoms with Crippen LogP contribution in [0.4, 0.5) is 0 Å². The molecule has 2 fully saturated rings. The Labute approximate surface area is 185 Å². The number of hydrogen-bond donors (Lipinski definition) is 1. The largest absolute Gasteiger partial charge is 0.350 e. The number of aliphatic imine (C=N–C) groups is 1. The highest BCUT2D eigenvalue weighted by Gasteiger charge is 2.67. The molecule has 6 rings (SSSR count). The summed E-state index contributed by atoms with van der Waals surface area (Å²) in [7, 11) is 0. The average molecular weight is 416 g/mol. The van der Waals surface area contributed by atoms with Gasteiger partial charge in [0.1, 0.15) is 0 Å². The summed E-state index contributed by atoms with van der Waals surface area (Å²) in [5.41, 5.74) is 1.85. The molecule has 31 heavy (non-hydrogen) atoms. The van der Waals surface area contributed by atoms with Gasteiger partial charge in [-0.15, -0.1) is 0 Å².